The number of H-pyrrole nitrogens is 2. The highest BCUT2D eigenvalue weighted by molar-refractivity contribution is 5.87. The molecule has 0 saturated carbocycles. The van der Waals surface area contributed by atoms with Crippen LogP contribution < -0.4 is 15.8 Å². The van der Waals surface area contributed by atoms with E-state index in [1.54, 1.807) is 18.5 Å². The number of aromatic nitrogens is 3. The molecule has 0 spiro atoms. The standard InChI is InChI=1S/C27H30N6O2/c1-18-13-21(33-11-9-28-10-12-33)15-23-25(18)32-26(31-23)24-22(7-8-29-27(24)35)30-16-20(17-34)14-19-5-3-2-4-6-19/h2-8,13,15-16,20,28,34H,9-12,14,17H2,1H3,(H,29,35)(H,31,32). The molecule has 1 fully saturated rings. The van der Waals surface area contributed by atoms with Gasteiger partial charge in [-0.25, -0.2) is 4.98 Å². The van der Waals surface area contributed by atoms with E-state index in [1.807, 2.05) is 37.3 Å². The fourth-order valence-corrected chi connectivity index (χ4v) is 4.57. The Morgan fingerprint density at radius 1 is 1.17 bits per heavy atom. The van der Waals surface area contributed by atoms with Crippen LogP contribution in [0.3, 0.4) is 0 Å². The minimum atomic E-state index is -0.262. The summed E-state index contributed by atoms with van der Waals surface area (Å²) in [5.41, 5.74) is 5.70. The Kier molecular flexibility index (Phi) is 6.74. The van der Waals surface area contributed by atoms with Gasteiger partial charge < -0.3 is 25.3 Å². The first-order valence-electron chi connectivity index (χ1n) is 12.0. The van der Waals surface area contributed by atoms with Crippen molar-refractivity contribution < 1.29 is 5.11 Å². The van der Waals surface area contributed by atoms with Gasteiger partial charge in [-0.05, 0) is 42.7 Å². The van der Waals surface area contributed by atoms with Gasteiger partial charge in [-0.15, -0.1) is 0 Å². The highest BCUT2D eigenvalue weighted by Crippen LogP contribution is 2.30. The number of aryl methyl sites for hydroxylation is 1. The molecule has 180 valence electrons. The van der Waals surface area contributed by atoms with Crippen LogP contribution in [-0.4, -0.2) is 59.1 Å². The normalized spacial score (nSPS) is 15.2. The molecule has 4 N–H and O–H groups in total. The van der Waals surface area contributed by atoms with E-state index in [2.05, 4.69) is 37.3 Å². The average Bonchev–Trinajstić information content (AvgIpc) is 3.32. The number of aromatic amines is 2. The first-order valence-corrected chi connectivity index (χ1v) is 12.0. The van der Waals surface area contributed by atoms with E-state index in [-0.39, 0.29) is 18.1 Å². The van der Waals surface area contributed by atoms with Crippen molar-refractivity contribution in [3.8, 4) is 11.4 Å². The maximum absolute atomic E-state index is 12.9. The van der Waals surface area contributed by atoms with Crippen LogP contribution >= 0.6 is 0 Å². The molecule has 0 bridgehead atoms. The maximum atomic E-state index is 12.9. The Bertz CT molecular complexity index is 1390. The van der Waals surface area contributed by atoms with Gasteiger partial charge in [0, 0.05) is 50.2 Å². The number of benzene rings is 2. The first-order chi connectivity index (χ1) is 17.1. The molecule has 0 radical (unpaired) electrons. The predicted octanol–water partition coefficient (Wildman–Crippen LogP) is 3.19. The number of hydrogen-bond acceptors (Lipinski definition) is 6. The van der Waals surface area contributed by atoms with Gasteiger partial charge in [0.05, 0.1) is 23.3 Å². The largest absolute Gasteiger partial charge is 0.396 e. The van der Waals surface area contributed by atoms with Crippen LogP contribution in [0.2, 0.25) is 0 Å². The summed E-state index contributed by atoms with van der Waals surface area (Å²) in [6.07, 6.45) is 3.97. The van der Waals surface area contributed by atoms with E-state index >= 15 is 0 Å². The third kappa shape index (κ3) is 5.03. The highest BCUT2D eigenvalue weighted by atomic mass is 16.3. The van der Waals surface area contributed by atoms with E-state index in [0.717, 1.165) is 54.0 Å². The molecule has 8 heteroatoms. The fourth-order valence-electron chi connectivity index (χ4n) is 4.57. The van der Waals surface area contributed by atoms with Crippen molar-refractivity contribution in [1.29, 1.82) is 0 Å². The van der Waals surface area contributed by atoms with Crippen LogP contribution in [0, 0.1) is 12.8 Å². The minimum Gasteiger partial charge on any atom is -0.396 e. The number of aliphatic hydroxyl groups is 1. The topological polar surface area (TPSA) is 109 Å². The Labute approximate surface area is 203 Å². The summed E-state index contributed by atoms with van der Waals surface area (Å²) in [4.78, 5) is 30.7. The first kappa shape index (κ1) is 23.0. The number of nitrogens with one attached hydrogen (secondary N) is 3. The molecule has 2 aromatic carbocycles. The Morgan fingerprint density at radius 2 is 1.97 bits per heavy atom. The van der Waals surface area contributed by atoms with Gasteiger partial charge in [0.25, 0.3) is 5.56 Å². The van der Waals surface area contributed by atoms with Crippen molar-refractivity contribution in [2.24, 2.45) is 10.9 Å². The van der Waals surface area contributed by atoms with Gasteiger partial charge >= 0.3 is 0 Å². The number of imidazole rings is 1. The van der Waals surface area contributed by atoms with Gasteiger partial charge in [-0.2, -0.15) is 0 Å². The number of aliphatic imine (C=N–C) groups is 1. The zero-order chi connectivity index (χ0) is 24.2. The number of nitrogens with zero attached hydrogens (tertiary/aromatic N) is 3. The molecule has 2 aromatic heterocycles. The average molecular weight is 471 g/mol. The quantitative estimate of drug-likeness (QED) is 0.310. The summed E-state index contributed by atoms with van der Waals surface area (Å²) in [5, 5.41) is 13.3. The molecule has 1 aliphatic rings. The predicted molar refractivity (Wildman–Crippen MR) is 141 cm³/mol. The zero-order valence-corrected chi connectivity index (χ0v) is 19.8. The van der Waals surface area contributed by atoms with Crippen LogP contribution in [0.25, 0.3) is 22.4 Å². The molecule has 1 aliphatic heterocycles. The summed E-state index contributed by atoms with van der Waals surface area (Å²) >= 11 is 0. The van der Waals surface area contributed by atoms with Crippen LogP contribution in [0.15, 0.2) is 64.5 Å². The van der Waals surface area contributed by atoms with Crippen molar-refractivity contribution >= 4 is 28.6 Å². The number of anilines is 1. The Morgan fingerprint density at radius 3 is 2.74 bits per heavy atom. The Balaban J connectivity index is 1.48. The van der Waals surface area contributed by atoms with Crippen molar-refractivity contribution in [3.05, 3.63) is 76.2 Å². The third-order valence-electron chi connectivity index (χ3n) is 6.42. The number of pyridine rings is 1. The summed E-state index contributed by atoms with van der Waals surface area (Å²) in [5.74, 6) is 0.321. The Hall–Kier alpha value is -3.75. The molecule has 8 nitrogen and oxygen atoms in total. The van der Waals surface area contributed by atoms with E-state index in [1.165, 1.54) is 0 Å². The summed E-state index contributed by atoms with van der Waals surface area (Å²) in [7, 11) is 0. The van der Waals surface area contributed by atoms with Crippen LogP contribution in [-0.2, 0) is 6.42 Å². The molecular weight excluding hydrogens is 440 g/mol. The van der Waals surface area contributed by atoms with Gasteiger partial charge in [0.2, 0.25) is 0 Å². The molecule has 1 saturated heterocycles. The highest BCUT2D eigenvalue weighted by Gasteiger charge is 2.18. The molecular formula is C27H30N6O2. The fraction of sp³-hybridized carbons (Fsp3) is 0.296. The van der Waals surface area contributed by atoms with Gasteiger partial charge in [-0.1, -0.05) is 30.3 Å². The second-order valence-electron chi connectivity index (χ2n) is 8.96. The molecule has 5 rings (SSSR count). The molecule has 1 atom stereocenters. The van der Waals surface area contributed by atoms with Crippen molar-refractivity contribution in [3.63, 3.8) is 0 Å². The lowest BCUT2D eigenvalue weighted by atomic mass is 10.0. The molecule has 1 unspecified atom stereocenters. The summed E-state index contributed by atoms with van der Waals surface area (Å²) in [6.45, 7) is 5.85. The molecule has 0 amide bonds. The molecule has 0 aliphatic carbocycles. The summed E-state index contributed by atoms with van der Waals surface area (Å²) < 4.78 is 0. The van der Waals surface area contributed by atoms with Crippen molar-refractivity contribution in [1.82, 2.24) is 20.3 Å². The number of rotatable bonds is 7. The summed E-state index contributed by atoms with van der Waals surface area (Å²) in [6, 6.07) is 16.0. The third-order valence-corrected chi connectivity index (χ3v) is 6.42. The van der Waals surface area contributed by atoms with E-state index in [4.69, 9.17) is 4.98 Å². The van der Waals surface area contributed by atoms with Gasteiger partial charge in [0.15, 0.2) is 0 Å². The maximum Gasteiger partial charge on any atom is 0.261 e. The van der Waals surface area contributed by atoms with E-state index in [0.29, 0.717) is 23.5 Å². The molecule has 4 aromatic rings. The zero-order valence-electron chi connectivity index (χ0n) is 19.8. The monoisotopic (exact) mass is 470 g/mol. The van der Waals surface area contributed by atoms with Crippen molar-refractivity contribution in [2.45, 2.75) is 13.3 Å². The molecule has 35 heavy (non-hydrogen) atoms. The number of piperazine rings is 1. The minimum absolute atomic E-state index is 0.0322. The van der Waals surface area contributed by atoms with Gasteiger partial charge in [0.1, 0.15) is 11.4 Å². The lowest BCUT2D eigenvalue weighted by molar-refractivity contribution is 0.263. The number of fused-ring (bicyclic) bond motifs is 1. The van der Waals surface area contributed by atoms with E-state index in [9.17, 15) is 9.90 Å². The van der Waals surface area contributed by atoms with Crippen LogP contribution in [0.5, 0.6) is 0 Å². The van der Waals surface area contributed by atoms with Gasteiger partial charge in [-0.3, -0.25) is 9.79 Å². The van der Waals surface area contributed by atoms with Crippen LogP contribution in [0.1, 0.15) is 11.1 Å². The molecule has 3 heterocycles. The SMILES string of the molecule is Cc1cc(N2CCNCC2)cc2[nH]c(-c3c(N=CC(CO)Cc4ccccc4)cc[nH]c3=O)nc12. The van der Waals surface area contributed by atoms with E-state index < -0.39 is 0 Å². The number of hydrogen-bond donors (Lipinski definition) is 4. The second kappa shape index (κ2) is 10.2. The number of aliphatic hydroxyl groups excluding tert-OH is 1. The van der Waals surface area contributed by atoms with Crippen LogP contribution in [0.4, 0.5) is 11.4 Å². The lowest BCUT2D eigenvalue weighted by Gasteiger charge is -2.29. The smallest absolute Gasteiger partial charge is 0.261 e. The second-order valence-corrected chi connectivity index (χ2v) is 8.96. The lowest BCUT2D eigenvalue weighted by Crippen LogP contribution is -2.43. The van der Waals surface area contributed by atoms with Crippen molar-refractivity contribution in [2.75, 3.05) is 37.7 Å².